The van der Waals surface area contributed by atoms with E-state index in [1.807, 2.05) is 6.92 Å². The molecule has 0 aliphatic carbocycles. The Balaban J connectivity index is 1.99. The van der Waals surface area contributed by atoms with Crippen molar-refractivity contribution in [3.63, 3.8) is 0 Å². The highest BCUT2D eigenvalue weighted by Crippen LogP contribution is 2.26. The van der Waals surface area contributed by atoms with Crippen LogP contribution >= 0.6 is 0 Å². The van der Waals surface area contributed by atoms with Crippen LogP contribution in [0.5, 0.6) is 5.88 Å². The van der Waals surface area contributed by atoms with Gasteiger partial charge in [0.25, 0.3) is 0 Å². The minimum absolute atomic E-state index is 0.245. The van der Waals surface area contributed by atoms with Gasteiger partial charge in [0, 0.05) is 13.2 Å². The number of ether oxygens (including phenoxy) is 2. The van der Waals surface area contributed by atoms with Crippen LogP contribution in [0.2, 0.25) is 0 Å². The highest BCUT2D eigenvalue weighted by Gasteiger charge is 2.17. The van der Waals surface area contributed by atoms with E-state index in [9.17, 15) is 0 Å². The zero-order chi connectivity index (χ0) is 14.4. The second-order valence-electron chi connectivity index (χ2n) is 5.06. The lowest BCUT2D eigenvalue weighted by molar-refractivity contribution is 0.120. The fraction of sp³-hybridized carbons (Fsp3) is 0.714. The number of rotatable bonds is 7. The quantitative estimate of drug-likeness (QED) is 0.745. The Bertz CT molecular complexity index is 433. The molecule has 6 heteroatoms. The third-order valence-electron chi connectivity index (χ3n) is 3.28. The SMILES string of the molecule is CCCCOc1nc(C)nc(NCC2CCCO2)c1N. The molecular weight excluding hydrogens is 256 g/mol. The molecule has 1 unspecified atom stereocenters. The van der Waals surface area contributed by atoms with Crippen molar-refractivity contribution in [3.8, 4) is 5.88 Å². The summed E-state index contributed by atoms with van der Waals surface area (Å²) in [5.41, 5.74) is 6.54. The number of aryl methyl sites for hydroxylation is 1. The Morgan fingerprint density at radius 3 is 3.00 bits per heavy atom. The minimum atomic E-state index is 0.245. The van der Waals surface area contributed by atoms with Gasteiger partial charge in [-0.05, 0) is 26.2 Å². The highest BCUT2D eigenvalue weighted by atomic mass is 16.5. The van der Waals surface area contributed by atoms with E-state index in [2.05, 4.69) is 22.2 Å². The first-order valence-electron chi connectivity index (χ1n) is 7.33. The van der Waals surface area contributed by atoms with Gasteiger partial charge < -0.3 is 20.5 Å². The van der Waals surface area contributed by atoms with Crippen molar-refractivity contribution in [2.24, 2.45) is 0 Å². The molecule has 1 aromatic rings. The van der Waals surface area contributed by atoms with E-state index >= 15 is 0 Å². The smallest absolute Gasteiger partial charge is 0.242 e. The van der Waals surface area contributed by atoms with Crippen LogP contribution in [0.4, 0.5) is 11.5 Å². The predicted molar refractivity (Wildman–Crippen MR) is 79.0 cm³/mol. The highest BCUT2D eigenvalue weighted by molar-refractivity contribution is 5.66. The van der Waals surface area contributed by atoms with E-state index < -0.39 is 0 Å². The molecule has 1 atom stereocenters. The van der Waals surface area contributed by atoms with Gasteiger partial charge in [-0.1, -0.05) is 13.3 Å². The van der Waals surface area contributed by atoms with E-state index in [0.29, 0.717) is 29.8 Å². The zero-order valence-corrected chi connectivity index (χ0v) is 12.3. The molecular formula is C14H24N4O2. The van der Waals surface area contributed by atoms with Crippen molar-refractivity contribution in [2.45, 2.75) is 45.6 Å². The molecule has 1 saturated heterocycles. The molecule has 0 amide bonds. The number of nitrogens with two attached hydrogens (primary N) is 1. The summed E-state index contributed by atoms with van der Waals surface area (Å²) in [5, 5.41) is 3.25. The van der Waals surface area contributed by atoms with Gasteiger partial charge in [-0.25, -0.2) is 4.98 Å². The number of unbranched alkanes of at least 4 members (excludes halogenated alkanes) is 1. The van der Waals surface area contributed by atoms with E-state index in [1.165, 1.54) is 0 Å². The molecule has 2 heterocycles. The van der Waals surface area contributed by atoms with Crippen molar-refractivity contribution in [1.29, 1.82) is 0 Å². The lowest BCUT2D eigenvalue weighted by atomic mass is 10.2. The topological polar surface area (TPSA) is 82.3 Å². The summed E-state index contributed by atoms with van der Waals surface area (Å²) in [6.45, 7) is 6.14. The zero-order valence-electron chi connectivity index (χ0n) is 12.3. The van der Waals surface area contributed by atoms with Crippen LogP contribution in [0.3, 0.4) is 0 Å². The summed E-state index contributed by atoms with van der Waals surface area (Å²) < 4.78 is 11.2. The Morgan fingerprint density at radius 2 is 2.30 bits per heavy atom. The van der Waals surface area contributed by atoms with E-state index in [1.54, 1.807) is 0 Å². The molecule has 3 N–H and O–H groups in total. The molecule has 2 rings (SSSR count). The fourth-order valence-electron chi connectivity index (χ4n) is 2.13. The predicted octanol–water partition coefficient (Wildman–Crippen LogP) is 2.14. The van der Waals surface area contributed by atoms with Crippen LogP contribution in [0.25, 0.3) is 0 Å². The maximum Gasteiger partial charge on any atom is 0.242 e. The van der Waals surface area contributed by atoms with Gasteiger partial charge in [0.15, 0.2) is 5.82 Å². The summed E-state index contributed by atoms with van der Waals surface area (Å²) in [4.78, 5) is 8.60. The summed E-state index contributed by atoms with van der Waals surface area (Å²) in [6, 6.07) is 0. The standard InChI is InChI=1S/C14H24N4O2/c1-3-4-7-20-14-12(15)13(17-10(2)18-14)16-9-11-6-5-8-19-11/h11H,3-9,15H2,1-2H3,(H,16,17,18). The van der Waals surface area contributed by atoms with Gasteiger partial charge in [-0.3, -0.25) is 0 Å². The van der Waals surface area contributed by atoms with Crippen LogP contribution in [-0.2, 0) is 4.74 Å². The van der Waals surface area contributed by atoms with E-state index in [-0.39, 0.29) is 6.10 Å². The summed E-state index contributed by atoms with van der Waals surface area (Å²) >= 11 is 0. The summed E-state index contributed by atoms with van der Waals surface area (Å²) in [6.07, 6.45) is 4.51. The molecule has 0 bridgehead atoms. The Hall–Kier alpha value is -1.56. The molecule has 1 fully saturated rings. The average molecular weight is 280 g/mol. The Morgan fingerprint density at radius 1 is 1.45 bits per heavy atom. The molecule has 1 aromatic heterocycles. The first kappa shape index (κ1) is 14.8. The van der Waals surface area contributed by atoms with Crippen molar-refractivity contribution >= 4 is 11.5 Å². The molecule has 1 aliphatic heterocycles. The summed E-state index contributed by atoms with van der Waals surface area (Å²) in [7, 11) is 0. The van der Waals surface area contributed by atoms with Gasteiger partial charge in [-0.15, -0.1) is 0 Å². The maximum atomic E-state index is 6.07. The molecule has 6 nitrogen and oxygen atoms in total. The van der Waals surface area contributed by atoms with Crippen molar-refractivity contribution in [2.75, 3.05) is 30.8 Å². The van der Waals surface area contributed by atoms with Gasteiger partial charge in [0.05, 0.1) is 12.7 Å². The second kappa shape index (κ2) is 7.28. The largest absolute Gasteiger partial charge is 0.476 e. The molecule has 0 spiro atoms. The number of anilines is 2. The maximum absolute atomic E-state index is 6.07. The molecule has 20 heavy (non-hydrogen) atoms. The number of hydrogen-bond acceptors (Lipinski definition) is 6. The minimum Gasteiger partial charge on any atom is -0.476 e. The lowest BCUT2D eigenvalue weighted by Gasteiger charge is -2.15. The molecule has 0 saturated carbocycles. The van der Waals surface area contributed by atoms with Crippen LogP contribution in [-0.4, -0.2) is 35.8 Å². The van der Waals surface area contributed by atoms with Gasteiger partial charge in [-0.2, -0.15) is 4.98 Å². The molecule has 0 radical (unpaired) electrons. The molecule has 1 aliphatic rings. The third-order valence-corrected chi connectivity index (χ3v) is 3.28. The van der Waals surface area contributed by atoms with Crippen LogP contribution in [0.1, 0.15) is 38.4 Å². The van der Waals surface area contributed by atoms with Crippen LogP contribution in [0, 0.1) is 6.92 Å². The van der Waals surface area contributed by atoms with Crippen LogP contribution < -0.4 is 15.8 Å². The summed E-state index contributed by atoms with van der Waals surface area (Å²) in [5.74, 6) is 1.76. The third kappa shape index (κ3) is 3.96. The fourth-order valence-corrected chi connectivity index (χ4v) is 2.13. The van der Waals surface area contributed by atoms with Crippen LogP contribution in [0.15, 0.2) is 0 Å². The Kier molecular flexibility index (Phi) is 5.40. The molecule has 0 aromatic carbocycles. The molecule has 112 valence electrons. The Labute approximate surface area is 120 Å². The van der Waals surface area contributed by atoms with Gasteiger partial charge >= 0.3 is 0 Å². The van der Waals surface area contributed by atoms with E-state index in [4.69, 9.17) is 15.2 Å². The van der Waals surface area contributed by atoms with Crippen molar-refractivity contribution in [1.82, 2.24) is 9.97 Å². The number of hydrogen-bond donors (Lipinski definition) is 2. The van der Waals surface area contributed by atoms with Crippen molar-refractivity contribution < 1.29 is 9.47 Å². The average Bonchev–Trinajstić information content (AvgIpc) is 2.94. The normalized spacial score (nSPS) is 18.2. The number of nitrogen functional groups attached to an aromatic ring is 1. The number of aromatic nitrogens is 2. The first-order chi connectivity index (χ1) is 9.70. The van der Waals surface area contributed by atoms with Crippen molar-refractivity contribution in [3.05, 3.63) is 5.82 Å². The number of nitrogens with zero attached hydrogens (tertiary/aromatic N) is 2. The van der Waals surface area contributed by atoms with E-state index in [0.717, 1.165) is 38.8 Å². The monoisotopic (exact) mass is 280 g/mol. The number of nitrogens with one attached hydrogen (secondary N) is 1. The second-order valence-corrected chi connectivity index (χ2v) is 5.06. The lowest BCUT2D eigenvalue weighted by Crippen LogP contribution is -2.20. The first-order valence-corrected chi connectivity index (χ1v) is 7.33. The van der Waals surface area contributed by atoms with Gasteiger partial charge in [0.2, 0.25) is 5.88 Å². The van der Waals surface area contributed by atoms with Gasteiger partial charge in [0.1, 0.15) is 11.5 Å².